The third kappa shape index (κ3) is 13.4. The molecule has 13 heavy (non-hydrogen) atoms. The van der Waals surface area contributed by atoms with Crippen LogP contribution < -0.4 is 5.32 Å². The molecule has 0 atom stereocenters. The summed E-state index contributed by atoms with van der Waals surface area (Å²) in [5.74, 6) is -0.0694. The zero-order valence-electron chi connectivity index (χ0n) is 8.33. The van der Waals surface area contributed by atoms with Crippen molar-refractivity contribution in [1.82, 2.24) is 10.2 Å². The van der Waals surface area contributed by atoms with Gasteiger partial charge in [0.2, 0.25) is 11.8 Å². The molecule has 0 rings (SSSR count). The molecule has 0 aromatic rings. The number of nitrogens with zero attached hydrogens (tertiary/aromatic N) is 1. The first-order chi connectivity index (χ1) is 5.95. The van der Waals surface area contributed by atoms with E-state index in [0.29, 0.717) is 0 Å². The maximum Gasteiger partial charge on any atom is 0.223 e. The fourth-order valence-electron chi connectivity index (χ4n) is 0.272. The lowest BCUT2D eigenvalue weighted by Gasteiger charge is -2.04. The number of carbonyl (C=O) groups excluding carboxylic acids is 2. The number of nitrogens with one attached hydrogen (secondary N) is 1. The van der Waals surface area contributed by atoms with Crippen LogP contribution in [0.2, 0.25) is 0 Å². The average molecular weight is 184 g/mol. The molecule has 4 nitrogen and oxygen atoms in total. The van der Waals surface area contributed by atoms with Gasteiger partial charge in [0.15, 0.2) is 0 Å². The molecule has 2 amide bonds. The maximum atomic E-state index is 10.2. The Morgan fingerprint density at radius 3 is 1.77 bits per heavy atom. The second-order valence-corrected chi connectivity index (χ2v) is 2.22. The highest BCUT2D eigenvalue weighted by Gasteiger charge is 1.90. The number of hydrogen-bond donors (Lipinski definition) is 1. The minimum Gasteiger partial charge on any atom is -0.334 e. The Morgan fingerprint density at radius 1 is 1.31 bits per heavy atom. The Balaban J connectivity index is 0. The Morgan fingerprint density at radius 2 is 1.77 bits per heavy atom. The SMILES string of the molecule is C=CN(C)C(C)=O.C=CNC(C)=O. The molecular weight excluding hydrogens is 168 g/mol. The van der Waals surface area contributed by atoms with Crippen LogP contribution in [0, 0.1) is 0 Å². The fourth-order valence-corrected chi connectivity index (χ4v) is 0.272. The highest BCUT2D eigenvalue weighted by atomic mass is 16.2. The van der Waals surface area contributed by atoms with E-state index in [1.807, 2.05) is 0 Å². The highest BCUT2D eigenvalue weighted by molar-refractivity contribution is 5.74. The summed E-state index contributed by atoms with van der Waals surface area (Å²) >= 11 is 0. The molecule has 4 heteroatoms. The molecule has 74 valence electrons. The molecule has 0 spiro atoms. The molecular formula is C9H16N2O2. The van der Waals surface area contributed by atoms with E-state index in [0.717, 1.165) is 0 Å². The first kappa shape index (κ1) is 14.0. The second kappa shape index (κ2) is 8.52. The molecule has 0 heterocycles. The minimum absolute atomic E-state index is 0.00926. The average Bonchev–Trinajstić information content (AvgIpc) is 2.03. The molecule has 0 aliphatic rings. The Labute approximate surface area is 78.9 Å². The summed E-state index contributed by atoms with van der Waals surface area (Å²) in [5.41, 5.74) is 0. The van der Waals surface area contributed by atoms with Crippen LogP contribution in [0.3, 0.4) is 0 Å². The molecule has 0 aliphatic heterocycles. The van der Waals surface area contributed by atoms with E-state index in [1.165, 1.54) is 31.1 Å². The van der Waals surface area contributed by atoms with Crippen molar-refractivity contribution in [3.05, 3.63) is 25.6 Å². The molecule has 0 saturated heterocycles. The summed E-state index contributed by atoms with van der Waals surface area (Å²) in [6.45, 7) is 9.58. The van der Waals surface area contributed by atoms with Gasteiger partial charge >= 0.3 is 0 Å². The zero-order chi connectivity index (χ0) is 10.9. The second-order valence-electron chi connectivity index (χ2n) is 2.22. The molecule has 0 unspecified atom stereocenters. The van der Waals surface area contributed by atoms with Gasteiger partial charge in [-0.15, -0.1) is 0 Å². The van der Waals surface area contributed by atoms with Gasteiger partial charge in [-0.25, -0.2) is 0 Å². The van der Waals surface area contributed by atoms with Crippen LogP contribution in [0.5, 0.6) is 0 Å². The molecule has 0 fully saturated rings. The van der Waals surface area contributed by atoms with Crippen molar-refractivity contribution in [2.24, 2.45) is 0 Å². The lowest BCUT2D eigenvalue weighted by molar-refractivity contribution is -0.125. The van der Waals surface area contributed by atoms with Crippen molar-refractivity contribution >= 4 is 11.8 Å². The van der Waals surface area contributed by atoms with Crippen molar-refractivity contribution in [1.29, 1.82) is 0 Å². The molecule has 1 N–H and O–H groups in total. The summed E-state index contributed by atoms with van der Waals surface area (Å²) in [6.07, 6.45) is 2.82. The Bertz CT molecular complexity index is 200. The Kier molecular flexibility index (Phi) is 9.15. The number of hydrogen-bond acceptors (Lipinski definition) is 2. The quantitative estimate of drug-likeness (QED) is 0.692. The van der Waals surface area contributed by atoms with Gasteiger partial charge in [-0.05, 0) is 12.4 Å². The minimum atomic E-state index is -0.0787. The van der Waals surface area contributed by atoms with Crippen LogP contribution in [0.4, 0.5) is 0 Å². The largest absolute Gasteiger partial charge is 0.334 e. The summed E-state index contributed by atoms with van der Waals surface area (Å²) < 4.78 is 0. The molecule has 0 saturated carbocycles. The molecule has 0 radical (unpaired) electrons. The summed E-state index contributed by atoms with van der Waals surface area (Å²) in [7, 11) is 1.66. The normalized spacial score (nSPS) is 7.31. The standard InChI is InChI=1S/C5H9NO.C4H7NO/c1-4-6(3)5(2)7;1-3-5-4(2)6/h4H,1H2,2-3H3;3H,1H2,2H3,(H,5,6). The summed E-state index contributed by atoms with van der Waals surface area (Å²) in [5, 5.41) is 2.33. The summed E-state index contributed by atoms with van der Waals surface area (Å²) in [4.78, 5) is 21.5. The van der Waals surface area contributed by atoms with Crippen molar-refractivity contribution in [2.75, 3.05) is 7.05 Å². The van der Waals surface area contributed by atoms with E-state index < -0.39 is 0 Å². The first-order valence-corrected chi connectivity index (χ1v) is 3.69. The van der Waals surface area contributed by atoms with E-state index in [2.05, 4.69) is 18.5 Å². The smallest absolute Gasteiger partial charge is 0.223 e. The van der Waals surface area contributed by atoms with Gasteiger partial charge in [0.05, 0.1) is 0 Å². The molecule has 0 bridgehead atoms. The van der Waals surface area contributed by atoms with Gasteiger partial charge in [0.25, 0.3) is 0 Å². The van der Waals surface area contributed by atoms with Crippen molar-refractivity contribution in [3.63, 3.8) is 0 Å². The van der Waals surface area contributed by atoms with Crippen LogP contribution in [0.15, 0.2) is 25.6 Å². The topological polar surface area (TPSA) is 49.4 Å². The first-order valence-electron chi connectivity index (χ1n) is 3.69. The van der Waals surface area contributed by atoms with Crippen LogP contribution in [0.25, 0.3) is 0 Å². The van der Waals surface area contributed by atoms with Crippen LogP contribution >= 0.6 is 0 Å². The van der Waals surface area contributed by atoms with Gasteiger partial charge in [-0.2, -0.15) is 0 Å². The van der Waals surface area contributed by atoms with Crippen molar-refractivity contribution in [2.45, 2.75) is 13.8 Å². The molecule has 0 aliphatic carbocycles. The van der Waals surface area contributed by atoms with E-state index in [1.54, 1.807) is 7.05 Å². The van der Waals surface area contributed by atoms with Gasteiger partial charge in [0, 0.05) is 20.9 Å². The monoisotopic (exact) mass is 184 g/mol. The highest BCUT2D eigenvalue weighted by Crippen LogP contribution is 1.79. The van der Waals surface area contributed by atoms with E-state index in [-0.39, 0.29) is 11.8 Å². The zero-order valence-corrected chi connectivity index (χ0v) is 8.33. The maximum absolute atomic E-state index is 10.2. The van der Waals surface area contributed by atoms with Crippen LogP contribution in [-0.2, 0) is 9.59 Å². The summed E-state index contributed by atoms with van der Waals surface area (Å²) in [6, 6.07) is 0. The fraction of sp³-hybridized carbons (Fsp3) is 0.333. The van der Waals surface area contributed by atoms with Crippen molar-refractivity contribution in [3.8, 4) is 0 Å². The molecule has 0 aromatic heterocycles. The van der Waals surface area contributed by atoms with E-state index >= 15 is 0 Å². The van der Waals surface area contributed by atoms with Crippen molar-refractivity contribution < 1.29 is 9.59 Å². The number of rotatable bonds is 2. The van der Waals surface area contributed by atoms with Gasteiger partial charge in [-0.1, -0.05) is 13.2 Å². The van der Waals surface area contributed by atoms with Crippen LogP contribution in [-0.4, -0.2) is 23.8 Å². The van der Waals surface area contributed by atoms with Crippen LogP contribution in [0.1, 0.15) is 13.8 Å². The molecule has 0 aromatic carbocycles. The van der Waals surface area contributed by atoms with E-state index in [4.69, 9.17) is 0 Å². The predicted molar refractivity (Wildman–Crippen MR) is 52.7 cm³/mol. The third-order valence-electron chi connectivity index (χ3n) is 1.08. The predicted octanol–water partition coefficient (Wildman–Crippen LogP) is 0.874. The third-order valence-corrected chi connectivity index (χ3v) is 1.08. The van der Waals surface area contributed by atoms with Gasteiger partial charge in [0.1, 0.15) is 0 Å². The number of amides is 2. The van der Waals surface area contributed by atoms with Gasteiger partial charge < -0.3 is 10.2 Å². The van der Waals surface area contributed by atoms with E-state index in [9.17, 15) is 9.59 Å². The lowest BCUT2D eigenvalue weighted by Crippen LogP contribution is -2.15. The number of carbonyl (C=O) groups is 2. The Hall–Kier alpha value is -1.58. The van der Waals surface area contributed by atoms with Gasteiger partial charge in [-0.3, -0.25) is 9.59 Å². The lowest BCUT2D eigenvalue weighted by atomic mass is 10.6.